The summed E-state index contributed by atoms with van der Waals surface area (Å²) in [5, 5.41) is 14.0. The molecule has 0 bridgehead atoms. The number of benzene rings is 1. The fraction of sp³-hybridized carbons (Fsp3) is 0.480. The Hall–Kier alpha value is -2.76. The van der Waals surface area contributed by atoms with E-state index in [1.54, 1.807) is 23.6 Å². The summed E-state index contributed by atoms with van der Waals surface area (Å²) in [7, 11) is -4.03. The van der Waals surface area contributed by atoms with Gasteiger partial charge in [0.2, 0.25) is 5.91 Å². The van der Waals surface area contributed by atoms with Crippen LogP contribution in [0.1, 0.15) is 44.1 Å². The molecule has 11 heteroatoms. The molecule has 1 saturated heterocycles. The van der Waals surface area contributed by atoms with Crippen molar-refractivity contribution in [2.75, 3.05) is 13.1 Å². The van der Waals surface area contributed by atoms with Crippen LogP contribution in [0.25, 0.3) is 0 Å². The van der Waals surface area contributed by atoms with Gasteiger partial charge in [0.25, 0.3) is 15.9 Å². The Labute approximate surface area is 215 Å². The second kappa shape index (κ2) is 11.5. The van der Waals surface area contributed by atoms with E-state index in [1.807, 2.05) is 18.2 Å². The highest BCUT2D eigenvalue weighted by Gasteiger charge is 2.47. The van der Waals surface area contributed by atoms with E-state index in [9.17, 15) is 27.9 Å². The van der Waals surface area contributed by atoms with E-state index in [0.29, 0.717) is 0 Å². The molecule has 0 radical (unpaired) electrons. The SMILES string of the molecule is O=C(O)CC(NC(=O)C1N(C(=O)Cc2ccccc2)CCN1S(=O)(=O)c1cccs1)C1CCCCC1. The van der Waals surface area contributed by atoms with Crippen molar-refractivity contribution >= 4 is 39.1 Å². The maximum Gasteiger partial charge on any atom is 0.305 e. The van der Waals surface area contributed by atoms with Gasteiger partial charge in [-0.2, -0.15) is 4.31 Å². The van der Waals surface area contributed by atoms with Crippen LogP contribution in [0.4, 0.5) is 0 Å². The predicted molar refractivity (Wildman–Crippen MR) is 135 cm³/mol. The second-order valence-corrected chi connectivity index (χ2v) is 12.3. The summed E-state index contributed by atoms with van der Waals surface area (Å²) in [5.41, 5.74) is 0.757. The Balaban J connectivity index is 1.62. The van der Waals surface area contributed by atoms with Crippen LogP contribution in [0.5, 0.6) is 0 Å². The Morgan fingerprint density at radius 3 is 2.39 bits per heavy atom. The van der Waals surface area contributed by atoms with Crippen molar-refractivity contribution in [2.24, 2.45) is 5.92 Å². The molecular formula is C25H31N3O6S2. The Morgan fingerprint density at radius 1 is 1.03 bits per heavy atom. The van der Waals surface area contributed by atoms with Gasteiger partial charge in [0, 0.05) is 19.1 Å². The summed E-state index contributed by atoms with van der Waals surface area (Å²) in [6.45, 7) is 0.0489. The second-order valence-electron chi connectivity index (χ2n) is 9.28. The number of aliphatic carboxylic acids is 1. The minimum absolute atomic E-state index is 0.00368. The predicted octanol–water partition coefficient (Wildman–Crippen LogP) is 2.69. The number of carbonyl (C=O) groups excluding carboxylic acids is 2. The minimum Gasteiger partial charge on any atom is -0.481 e. The molecule has 1 aromatic carbocycles. The molecule has 2 amide bonds. The summed E-state index contributed by atoms with van der Waals surface area (Å²) in [6.07, 6.45) is 2.99. The van der Waals surface area contributed by atoms with Gasteiger partial charge < -0.3 is 15.3 Å². The first-order valence-corrected chi connectivity index (χ1v) is 14.5. The molecular weight excluding hydrogens is 502 g/mol. The molecule has 2 heterocycles. The molecule has 2 atom stereocenters. The van der Waals surface area contributed by atoms with Crippen molar-refractivity contribution < 1.29 is 27.9 Å². The van der Waals surface area contributed by atoms with Gasteiger partial charge in [-0.1, -0.05) is 55.7 Å². The van der Waals surface area contributed by atoms with Gasteiger partial charge in [-0.25, -0.2) is 8.42 Å². The number of hydrogen-bond donors (Lipinski definition) is 2. The number of carboxylic acid groups (broad SMARTS) is 1. The smallest absolute Gasteiger partial charge is 0.305 e. The molecule has 1 aliphatic heterocycles. The van der Waals surface area contributed by atoms with Crippen molar-refractivity contribution in [3.8, 4) is 0 Å². The van der Waals surface area contributed by atoms with Gasteiger partial charge in [-0.05, 0) is 35.8 Å². The zero-order chi connectivity index (χ0) is 25.7. The highest BCUT2D eigenvalue weighted by molar-refractivity contribution is 7.91. The summed E-state index contributed by atoms with van der Waals surface area (Å²) < 4.78 is 28.0. The molecule has 2 aromatic rings. The monoisotopic (exact) mass is 533 g/mol. The van der Waals surface area contributed by atoms with E-state index in [0.717, 1.165) is 53.3 Å². The molecule has 194 valence electrons. The lowest BCUT2D eigenvalue weighted by atomic mass is 9.82. The van der Waals surface area contributed by atoms with Crippen LogP contribution in [0.2, 0.25) is 0 Å². The summed E-state index contributed by atoms with van der Waals surface area (Å²) >= 11 is 1.05. The number of amides is 2. The van der Waals surface area contributed by atoms with Crippen LogP contribution < -0.4 is 5.32 Å². The zero-order valence-corrected chi connectivity index (χ0v) is 21.5. The number of sulfonamides is 1. The summed E-state index contributed by atoms with van der Waals surface area (Å²) in [5.74, 6) is -2.06. The van der Waals surface area contributed by atoms with Gasteiger partial charge in [-0.3, -0.25) is 14.4 Å². The molecule has 2 fully saturated rings. The van der Waals surface area contributed by atoms with E-state index >= 15 is 0 Å². The van der Waals surface area contributed by atoms with E-state index in [-0.39, 0.29) is 42.0 Å². The molecule has 2 N–H and O–H groups in total. The number of thiophene rings is 1. The van der Waals surface area contributed by atoms with Crippen LogP contribution in [-0.4, -0.2) is 65.8 Å². The highest BCUT2D eigenvalue weighted by atomic mass is 32.2. The number of nitrogens with one attached hydrogen (secondary N) is 1. The van der Waals surface area contributed by atoms with Crippen molar-refractivity contribution in [2.45, 2.75) is 61.4 Å². The molecule has 36 heavy (non-hydrogen) atoms. The number of carbonyl (C=O) groups is 3. The van der Waals surface area contributed by atoms with Gasteiger partial charge >= 0.3 is 5.97 Å². The van der Waals surface area contributed by atoms with Gasteiger partial charge in [0.15, 0.2) is 6.17 Å². The number of hydrogen-bond acceptors (Lipinski definition) is 6. The first kappa shape index (κ1) is 26.3. The fourth-order valence-corrected chi connectivity index (χ4v) is 7.77. The van der Waals surface area contributed by atoms with Gasteiger partial charge in [0.1, 0.15) is 4.21 Å². The Kier molecular flexibility index (Phi) is 8.43. The van der Waals surface area contributed by atoms with E-state index < -0.39 is 34.1 Å². The fourth-order valence-electron chi connectivity index (χ4n) is 5.11. The number of nitrogens with zero attached hydrogens (tertiary/aromatic N) is 2. The lowest BCUT2D eigenvalue weighted by molar-refractivity contribution is -0.142. The van der Waals surface area contributed by atoms with Crippen LogP contribution in [0.15, 0.2) is 52.1 Å². The maximum atomic E-state index is 13.7. The standard InChI is InChI=1S/C25H31N3O6S2/c29-21(16-18-8-3-1-4-9-18)27-13-14-28(36(33,34)23-12-7-15-35-23)25(27)24(32)26-20(17-22(30)31)19-10-5-2-6-11-19/h1,3-4,7-9,12,15,19-20,25H,2,5-6,10-11,13-14,16-17H2,(H,26,32)(H,30,31). The third kappa shape index (κ3) is 5.96. The zero-order valence-electron chi connectivity index (χ0n) is 19.9. The summed E-state index contributed by atoms with van der Waals surface area (Å²) in [6, 6.07) is 11.5. The number of rotatable bonds is 9. The van der Waals surface area contributed by atoms with E-state index in [1.165, 1.54) is 11.0 Å². The largest absolute Gasteiger partial charge is 0.481 e. The molecule has 0 spiro atoms. The van der Waals surface area contributed by atoms with Crippen molar-refractivity contribution in [3.05, 3.63) is 53.4 Å². The topological polar surface area (TPSA) is 124 Å². The Morgan fingerprint density at radius 2 is 1.75 bits per heavy atom. The van der Waals surface area contributed by atoms with Gasteiger partial charge in [-0.15, -0.1) is 11.3 Å². The molecule has 1 aliphatic carbocycles. The molecule has 4 rings (SSSR count). The Bertz CT molecular complexity index is 1160. The van der Waals surface area contributed by atoms with Gasteiger partial charge in [0.05, 0.1) is 12.8 Å². The lowest BCUT2D eigenvalue weighted by Crippen LogP contribution is -2.57. The quantitative estimate of drug-likeness (QED) is 0.511. The van der Waals surface area contributed by atoms with Crippen molar-refractivity contribution in [3.63, 3.8) is 0 Å². The first-order valence-electron chi connectivity index (χ1n) is 12.2. The molecule has 1 aromatic heterocycles. The third-order valence-corrected chi connectivity index (χ3v) is 10.1. The van der Waals surface area contributed by atoms with E-state index in [4.69, 9.17) is 0 Å². The molecule has 2 aliphatic rings. The lowest BCUT2D eigenvalue weighted by Gasteiger charge is -2.33. The van der Waals surface area contributed by atoms with Crippen molar-refractivity contribution in [1.29, 1.82) is 0 Å². The van der Waals surface area contributed by atoms with Crippen LogP contribution in [-0.2, 0) is 30.8 Å². The first-order chi connectivity index (χ1) is 17.3. The third-order valence-electron chi connectivity index (χ3n) is 6.88. The minimum atomic E-state index is -4.03. The maximum absolute atomic E-state index is 13.7. The summed E-state index contributed by atoms with van der Waals surface area (Å²) in [4.78, 5) is 39.8. The molecule has 9 nitrogen and oxygen atoms in total. The van der Waals surface area contributed by atoms with Crippen molar-refractivity contribution in [1.82, 2.24) is 14.5 Å². The van der Waals surface area contributed by atoms with Crippen LogP contribution in [0.3, 0.4) is 0 Å². The normalized spacial score (nSPS) is 20.2. The molecule has 1 saturated carbocycles. The van der Waals surface area contributed by atoms with Crippen LogP contribution in [0, 0.1) is 5.92 Å². The average Bonchev–Trinajstić information content (AvgIpc) is 3.56. The van der Waals surface area contributed by atoms with E-state index in [2.05, 4.69) is 5.32 Å². The average molecular weight is 534 g/mol. The molecule has 2 unspecified atom stereocenters. The number of carboxylic acids is 1. The van der Waals surface area contributed by atoms with Crippen LogP contribution >= 0.6 is 11.3 Å². The highest BCUT2D eigenvalue weighted by Crippen LogP contribution is 2.30.